The molecule has 0 spiro atoms. The number of hydrogen-bond donors (Lipinski definition) is 1. The number of carbonyl (C=O) groups is 2. The molecule has 3 rings (SSSR count). The number of anilines is 1. The Labute approximate surface area is 197 Å². The van der Waals surface area contributed by atoms with Gasteiger partial charge in [0.05, 0.1) is 17.2 Å². The Balaban J connectivity index is 1.82. The monoisotopic (exact) mass is 494 g/mol. The van der Waals surface area contributed by atoms with E-state index < -0.39 is 17.5 Å². The fraction of sp³-hybridized carbons (Fsp3) is 0.269. The third kappa shape index (κ3) is 6.50. The molecular formula is C26H27BrN2O3. The number of ketones is 1. The number of nitrogens with two attached hydrogens (primary N) is 1. The molecule has 2 aromatic carbocycles. The summed E-state index contributed by atoms with van der Waals surface area (Å²) in [6, 6.07) is 18.6. The third-order valence-electron chi connectivity index (χ3n) is 4.92. The van der Waals surface area contributed by atoms with Gasteiger partial charge in [0, 0.05) is 22.8 Å². The number of rotatable bonds is 7. The molecule has 1 unspecified atom stereocenters. The minimum atomic E-state index is -0.594. The molecule has 1 heterocycles. The highest BCUT2D eigenvalue weighted by Crippen LogP contribution is 2.26. The minimum absolute atomic E-state index is 0.0143. The molecule has 32 heavy (non-hydrogen) atoms. The van der Waals surface area contributed by atoms with Crippen LogP contribution >= 0.6 is 15.9 Å². The highest BCUT2D eigenvalue weighted by atomic mass is 79.9. The summed E-state index contributed by atoms with van der Waals surface area (Å²) in [5.41, 5.74) is 8.81. The Kier molecular flexibility index (Phi) is 7.46. The van der Waals surface area contributed by atoms with Crippen LogP contribution in [0.4, 0.5) is 5.69 Å². The lowest BCUT2D eigenvalue weighted by atomic mass is 9.88. The van der Waals surface area contributed by atoms with Crippen molar-refractivity contribution in [3.05, 3.63) is 93.7 Å². The Morgan fingerprint density at radius 2 is 1.78 bits per heavy atom. The molecule has 166 valence electrons. The van der Waals surface area contributed by atoms with Gasteiger partial charge in [0.2, 0.25) is 0 Å². The number of halogens is 1. The highest BCUT2D eigenvalue weighted by Gasteiger charge is 2.24. The van der Waals surface area contributed by atoms with Crippen molar-refractivity contribution in [2.24, 2.45) is 0 Å². The Morgan fingerprint density at radius 1 is 1.06 bits per heavy atom. The molecule has 1 aromatic heterocycles. The first-order chi connectivity index (χ1) is 15.1. The molecule has 0 radical (unpaired) electrons. The Morgan fingerprint density at radius 3 is 2.38 bits per heavy atom. The molecule has 6 heteroatoms. The van der Waals surface area contributed by atoms with Crippen LogP contribution in [0.3, 0.4) is 0 Å². The van der Waals surface area contributed by atoms with E-state index in [4.69, 9.17) is 10.5 Å². The largest absolute Gasteiger partial charge is 0.456 e. The van der Waals surface area contributed by atoms with Gasteiger partial charge < -0.3 is 10.5 Å². The summed E-state index contributed by atoms with van der Waals surface area (Å²) in [7, 11) is 0. The lowest BCUT2D eigenvalue weighted by Gasteiger charge is -2.20. The average Bonchev–Trinajstić information content (AvgIpc) is 2.73. The number of benzene rings is 2. The number of hydrogen-bond acceptors (Lipinski definition) is 5. The molecule has 0 saturated carbocycles. The van der Waals surface area contributed by atoms with E-state index in [1.165, 1.54) is 0 Å². The van der Waals surface area contributed by atoms with E-state index in [1.54, 1.807) is 24.4 Å². The van der Waals surface area contributed by atoms with E-state index in [2.05, 4.69) is 20.9 Å². The minimum Gasteiger partial charge on any atom is -0.456 e. The lowest BCUT2D eigenvalue weighted by molar-refractivity contribution is -0.119. The van der Waals surface area contributed by atoms with Crippen molar-refractivity contribution >= 4 is 33.4 Å². The van der Waals surface area contributed by atoms with Crippen LogP contribution < -0.4 is 5.73 Å². The summed E-state index contributed by atoms with van der Waals surface area (Å²) in [4.78, 5) is 30.1. The molecule has 0 saturated heterocycles. The zero-order chi connectivity index (χ0) is 23.3. The van der Waals surface area contributed by atoms with Crippen LogP contribution in [0, 0.1) is 0 Å². The molecule has 5 nitrogen and oxygen atoms in total. The second-order valence-corrected chi connectivity index (χ2v) is 9.62. The molecule has 3 aromatic rings. The summed E-state index contributed by atoms with van der Waals surface area (Å²) in [5.74, 6) is -0.834. The van der Waals surface area contributed by atoms with Gasteiger partial charge in [-0.25, -0.2) is 4.79 Å². The maximum atomic E-state index is 13.4. The van der Waals surface area contributed by atoms with Crippen LogP contribution in [0.2, 0.25) is 0 Å². The fourth-order valence-corrected chi connectivity index (χ4v) is 3.59. The summed E-state index contributed by atoms with van der Waals surface area (Å²) >= 11 is 3.40. The number of esters is 1. The molecule has 0 fully saturated rings. The van der Waals surface area contributed by atoms with Gasteiger partial charge in [-0.1, -0.05) is 36.4 Å². The Bertz CT molecular complexity index is 1090. The summed E-state index contributed by atoms with van der Waals surface area (Å²) < 4.78 is 6.25. The van der Waals surface area contributed by atoms with Gasteiger partial charge in [-0.05, 0) is 78.5 Å². The van der Waals surface area contributed by atoms with Crippen molar-refractivity contribution in [3.8, 4) is 0 Å². The second-order valence-electron chi connectivity index (χ2n) is 8.70. The standard InChI is InChI=1S/C26H27BrN2O3/c1-26(2,3)32-25(31)19-10-9-18(22(28)14-19)15-24(30)21(13-17-7-5-4-6-8-17)23-12-11-20(27)16-29-23/h4-12,14,16,21H,13,15,28H2,1-3H3. The van der Waals surface area contributed by atoms with Gasteiger partial charge in [0.15, 0.2) is 0 Å². The van der Waals surface area contributed by atoms with Crippen LogP contribution in [0.15, 0.2) is 71.3 Å². The third-order valence-corrected chi connectivity index (χ3v) is 5.39. The Hall–Kier alpha value is -2.99. The first-order valence-electron chi connectivity index (χ1n) is 10.4. The quantitative estimate of drug-likeness (QED) is 0.345. The lowest BCUT2D eigenvalue weighted by Crippen LogP contribution is -2.24. The number of aromatic nitrogens is 1. The fourth-order valence-electron chi connectivity index (χ4n) is 3.36. The SMILES string of the molecule is CC(C)(C)OC(=O)c1ccc(CC(=O)C(Cc2ccccc2)c2ccc(Br)cn2)c(N)c1. The van der Waals surface area contributed by atoms with Crippen molar-refractivity contribution < 1.29 is 14.3 Å². The number of nitrogen functional groups attached to an aromatic ring is 1. The van der Waals surface area contributed by atoms with Gasteiger partial charge in [0.25, 0.3) is 0 Å². The van der Waals surface area contributed by atoms with Crippen molar-refractivity contribution in [3.63, 3.8) is 0 Å². The molecule has 2 N–H and O–H groups in total. The van der Waals surface area contributed by atoms with E-state index in [0.29, 0.717) is 28.9 Å². The predicted molar refractivity (Wildman–Crippen MR) is 130 cm³/mol. The normalized spacial score (nSPS) is 12.2. The predicted octanol–water partition coefficient (Wildman–Crippen LogP) is 5.52. The van der Waals surface area contributed by atoms with Gasteiger partial charge in [0.1, 0.15) is 11.4 Å². The highest BCUT2D eigenvalue weighted by molar-refractivity contribution is 9.10. The van der Waals surface area contributed by atoms with E-state index in [1.807, 2.05) is 63.2 Å². The molecule has 1 atom stereocenters. The first-order valence-corrected chi connectivity index (χ1v) is 11.2. The van der Waals surface area contributed by atoms with Crippen LogP contribution in [-0.2, 0) is 22.4 Å². The maximum Gasteiger partial charge on any atom is 0.338 e. The number of carbonyl (C=O) groups excluding carboxylic acids is 2. The summed E-state index contributed by atoms with van der Waals surface area (Å²) in [6.07, 6.45) is 2.39. The molecule has 0 aliphatic carbocycles. The molecular weight excluding hydrogens is 468 g/mol. The molecule has 0 bridgehead atoms. The average molecular weight is 495 g/mol. The first kappa shape index (κ1) is 23.7. The summed E-state index contributed by atoms with van der Waals surface area (Å²) in [5, 5.41) is 0. The van der Waals surface area contributed by atoms with E-state index in [0.717, 1.165) is 10.0 Å². The van der Waals surface area contributed by atoms with Gasteiger partial charge in [-0.2, -0.15) is 0 Å². The number of Topliss-reactive ketones (excluding diaryl/α,β-unsaturated/α-hetero) is 1. The van der Waals surface area contributed by atoms with Crippen molar-refractivity contribution in [1.82, 2.24) is 4.98 Å². The van der Waals surface area contributed by atoms with Crippen molar-refractivity contribution in [1.29, 1.82) is 0 Å². The van der Waals surface area contributed by atoms with Crippen LogP contribution in [0.1, 0.15) is 53.9 Å². The number of nitrogens with zero attached hydrogens (tertiary/aromatic N) is 1. The second kappa shape index (κ2) is 10.1. The molecule has 0 aliphatic rings. The van der Waals surface area contributed by atoms with Gasteiger partial charge in [-0.15, -0.1) is 0 Å². The van der Waals surface area contributed by atoms with E-state index >= 15 is 0 Å². The number of pyridine rings is 1. The van der Waals surface area contributed by atoms with E-state index in [-0.39, 0.29) is 12.2 Å². The maximum absolute atomic E-state index is 13.4. The van der Waals surface area contributed by atoms with Crippen LogP contribution in [0.25, 0.3) is 0 Å². The van der Waals surface area contributed by atoms with Crippen molar-refractivity contribution in [2.45, 2.75) is 45.1 Å². The van der Waals surface area contributed by atoms with Crippen LogP contribution in [0.5, 0.6) is 0 Å². The van der Waals surface area contributed by atoms with Crippen molar-refractivity contribution in [2.75, 3.05) is 5.73 Å². The van der Waals surface area contributed by atoms with E-state index in [9.17, 15) is 9.59 Å². The molecule has 0 amide bonds. The molecule has 0 aliphatic heterocycles. The summed E-state index contributed by atoms with van der Waals surface area (Å²) in [6.45, 7) is 5.43. The van der Waals surface area contributed by atoms with Crippen LogP contribution in [-0.4, -0.2) is 22.3 Å². The topological polar surface area (TPSA) is 82.3 Å². The van der Waals surface area contributed by atoms with Gasteiger partial charge in [-0.3, -0.25) is 9.78 Å². The smallest absolute Gasteiger partial charge is 0.338 e. The zero-order valence-corrected chi connectivity index (χ0v) is 20.1. The number of ether oxygens (including phenoxy) is 1. The van der Waals surface area contributed by atoms with Gasteiger partial charge >= 0.3 is 5.97 Å². The zero-order valence-electron chi connectivity index (χ0n) is 18.5.